The molecule has 2 aromatic carbocycles. The van der Waals surface area contributed by atoms with Gasteiger partial charge in [-0.05, 0) is 19.5 Å². The molecule has 2 heterocycles. The first-order chi connectivity index (χ1) is 19.1. The number of amides is 1. The van der Waals surface area contributed by atoms with Crippen LogP contribution in [-0.4, -0.2) is 52.5 Å². The molecular formula is C29H28F3N3O5. The minimum Gasteiger partial charge on any atom is -0.483 e. The molecule has 8 nitrogen and oxygen atoms in total. The quantitative estimate of drug-likeness (QED) is 0.327. The SMILES string of the molecule is CC1C=CC(O)C(n2cc(C(=O)NCc3c(F)cc(F)cc3F)c(=O)c(OCc3ccccc3)c2C=O)CN1C. The number of likely N-dealkylation sites (N-methyl/N-ethyl adjacent to an activating group) is 1. The fourth-order valence-corrected chi connectivity index (χ4v) is 4.42. The third-order valence-corrected chi connectivity index (χ3v) is 6.85. The van der Waals surface area contributed by atoms with Gasteiger partial charge in [0.25, 0.3) is 5.91 Å². The summed E-state index contributed by atoms with van der Waals surface area (Å²) in [6.45, 7) is 1.38. The number of halogens is 3. The van der Waals surface area contributed by atoms with Crippen molar-refractivity contribution in [1.82, 2.24) is 14.8 Å². The van der Waals surface area contributed by atoms with E-state index in [0.29, 0.717) is 24.0 Å². The Hall–Kier alpha value is -4.22. The molecule has 3 aromatic rings. The van der Waals surface area contributed by atoms with E-state index < -0.39 is 64.4 Å². The molecule has 0 bridgehead atoms. The number of carbonyl (C=O) groups is 2. The fourth-order valence-electron chi connectivity index (χ4n) is 4.42. The molecular weight excluding hydrogens is 527 g/mol. The van der Waals surface area contributed by atoms with Gasteiger partial charge in [0.15, 0.2) is 12.0 Å². The molecule has 3 unspecified atom stereocenters. The number of benzene rings is 2. The normalized spacial score (nSPS) is 19.2. The zero-order chi connectivity index (χ0) is 29.0. The van der Waals surface area contributed by atoms with E-state index in [9.17, 15) is 32.7 Å². The van der Waals surface area contributed by atoms with Crippen LogP contribution in [0.5, 0.6) is 5.75 Å². The van der Waals surface area contributed by atoms with Gasteiger partial charge in [-0.15, -0.1) is 0 Å². The van der Waals surface area contributed by atoms with Gasteiger partial charge in [0.1, 0.15) is 35.3 Å². The molecule has 1 aliphatic rings. The Bertz CT molecular complexity index is 1470. The molecule has 4 rings (SSSR count). The van der Waals surface area contributed by atoms with Crippen LogP contribution < -0.4 is 15.5 Å². The Balaban J connectivity index is 1.77. The van der Waals surface area contributed by atoms with Gasteiger partial charge in [0.05, 0.1) is 12.1 Å². The third kappa shape index (κ3) is 6.16. The average Bonchev–Trinajstić information content (AvgIpc) is 3.05. The van der Waals surface area contributed by atoms with Gasteiger partial charge in [-0.1, -0.05) is 42.5 Å². The van der Waals surface area contributed by atoms with E-state index >= 15 is 0 Å². The topological polar surface area (TPSA) is 101 Å². The van der Waals surface area contributed by atoms with Crippen molar-refractivity contribution < 1.29 is 32.6 Å². The van der Waals surface area contributed by atoms with Gasteiger partial charge in [-0.2, -0.15) is 0 Å². The van der Waals surface area contributed by atoms with Gasteiger partial charge < -0.3 is 19.7 Å². The molecule has 0 spiro atoms. The lowest BCUT2D eigenvalue weighted by Gasteiger charge is -2.30. The van der Waals surface area contributed by atoms with Crippen molar-refractivity contribution in [1.29, 1.82) is 0 Å². The molecule has 0 saturated carbocycles. The second-order valence-corrected chi connectivity index (χ2v) is 9.54. The number of pyridine rings is 1. The fraction of sp³-hybridized carbons (Fsp3) is 0.276. The Kier molecular flexibility index (Phi) is 8.86. The summed E-state index contributed by atoms with van der Waals surface area (Å²) >= 11 is 0. The van der Waals surface area contributed by atoms with Crippen molar-refractivity contribution in [3.8, 4) is 5.75 Å². The number of rotatable bonds is 8. The number of aldehydes is 1. The number of aliphatic hydroxyl groups is 1. The van der Waals surface area contributed by atoms with Gasteiger partial charge in [0.2, 0.25) is 5.43 Å². The van der Waals surface area contributed by atoms with Crippen molar-refractivity contribution >= 4 is 12.2 Å². The van der Waals surface area contributed by atoms with Crippen molar-refractivity contribution in [3.05, 3.63) is 111 Å². The number of hydrogen-bond donors (Lipinski definition) is 2. The predicted octanol–water partition coefficient (Wildman–Crippen LogP) is 3.38. The lowest BCUT2D eigenvalue weighted by molar-refractivity contribution is 0.0940. The van der Waals surface area contributed by atoms with E-state index in [-0.39, 0.29) is 24.9 Å². The van der Waals surface area contributed by atoms with Crippen LogP contribution in [0.15, 0.2) is 65.6 Å². The molecule has 210 valence electrons. The van der Waals surface area contributed by atoms with E-state index in [1.807, 2.05) is 18.9 Å². The Morgan fingerprint density at radius 3 is 2.48 bits per heavy atom. The summed E-state index contributed by atoms with van der Waals surface area (Å²) in [6.07, 6.45) is 3.81. The number of carbonyl (C=O) groups excluding carboxylic acids is 2. The average molecular weight is 556 g/mol. The van der Waals surface area contributed by atoms with Crippen molar-refractivity contribution in [2.45, 2.75) is 38.3 Å². The highest BCUT2D eigenvalue weighted by atomic mass is 19.1. The summed E-state index contributed by atoms with van der Waals surface area (Å²) in [4.78, 5) is 40.9. The molecule has 2 N–H and O–H groups in total. The van der Waals surface area contributed by atoms with Crippen LogP contribution in [0.2, 0.25) is 0 Å². The lowest BCUT2D eigenvalue weighted by atomic mass is 10.1. The zero-order valence-electron chi connectivity index (χ0n) is 21.8. The van der Waals surface area contributed by atoms with Crippen LogP contribution in [0.4, 0.5) is 13.2 Å². The van der Waals surface area contributed by atoms with E-state index in [4.69, 9.17) is 4.74 Å². The Morgan fingerprint density at radius 1 is 1.15 bits per heavy atom. The van der Waals surface area contributed by atoms with Crippen molar-refractivity contribution in [2.75, 3.05) is 13.6 Å². The molecule has 40 heavy (non-hydrogen) atoms. The Labute approximate surface area is 228 Å². The summed E-state index contributed by atoms with van der Waals surface area (Å²) in [6, 6.07) is 8.93. The maximum Gasteiger partial charge on any atom is 0.257 e. The first kappa shape index (κ1) is 28.8. The summed E-state index contributed by atoms with van der Waals surface area (Å²) in [5, 5.41) is 13.2. The number of hydrogen-bond acceptors (Lipinski definition) is 6. The molecule has 0 saturated heterocycles. The van der Waals surface area contributed by atoms with Gasteiger partial charge in [-0.25, -0.2) is 13.2 Å². The highest BCUT2D eigenvalue weighted by molar-refractivity contribution is 5.95. The molecule has 0 radical (unpaired) electrons. The van der Waals surface area contributed by atoms with Crippen LogP contribution in [0.3, 0.4) is 0 Å². The lowest BCUT2D eigenvalue weighted by Crippen LogP contribution is -2.38. The number of aliphatic hydroxyl groups excluding tert-OH is 1. The summed E-state index contributed by atoms with van der Waals surface area (Å²) in [5.74, 6) is -4.95. The van der Waals surface area contributed by atoms with Gasteiger partial charge in [-0.3, -0.25) is 19.3 Å². The third-order valence-electron chi connectivity index (χ3n) is 6.85. The van der Waals surface area contributed by atoms with E-state index in [1.54, 1.807) is 42.5 Å². The minimum absolute atomic E-state index is 0.0456. The highest BCUT2D eigenvalue weighted by Gasteiger charge is 2.30. The zero-order valence-corrected chi connectivity index (χ0v) is 21.8. The van der Waals surface area contributed by atoms with E-state index in [2.05, 4.69) is 5.32 Å². The van der Waals surface area contributed by atoms with E-state index in [0.717, 1.165) is 6.20 Å². The summed E-state index contributed by atoms with van der Waals surface area (Å²) in [5.41, 5.74) is -1.50. The monoisotopic (exact) mass is 555 g/mol. The molecule has 0 aliphatic carbocycles. The molecule has 3 atom stereocenters. The van der Waals surface area contributed by atoms with Crippen LogP contribution in [0.25, 0.3) is 0 Å². The molecule has 0 fully saturated rings. The smallest absolute Gasteiger partial charge is 0.257 e. The second-order valence-electron chi connectivity index (χ2n) is 9.54. The van der Waals surface area contributed by atoms with E-state index in [1.165, 1.54) is 4.57 Å². The standard InChI is InChI=1S/C29H28F3N3O5/c1-17-8-9-26(37)24(14-34(17)2)35-13-21(29(39)33-12-20-22(31)10-19(30)11-23(20)32)27(38)28(25(35)15-36)40-16-18-6-4-3-5-7-18/h3-11,13,15,17,24,26,37H,12,14,16H2,1-2H3,(H,33,39). The molecule has 11 heteroatoms. The number of ether oxygens (including phenoxy) is 1. The van der Waals surface area contributed by atoms with Crippen LogP contribution >= 0.6 is 0 Å². The van der Waals surface area contributed by atoms with Crippen molar-refractivity contribution in [2.24, 2.45) is 0 Å². The molecule has 1 aromatic heterocycles. The number of nitrogens with one attached hydrogen (secondary N) is 1. The molecule has 1 amide bonds. The maximum atomic E-state index is 14.1. The number of aromatic nitrogens is 1. The van der Waals surface area contributed by atoms with Gasteiger partial charge in [0, 0.05) is 43.0 Å². The number of nitrogens with zero attached hydrogens (tertiary/aromatic N) is 2. The summed E-state index contributed by atoms with van der Waals surface area (Å²) in [7, 11) is 1.81. The van der Waals surface area contributed by atoms with Crippen LogP contribution in [0.1, 0.15) is 44.9 Å². The summed E-state index contributed by atoms with van der Waals surface area (Å²) < 4.78 is 48.6. The minimum atomic E-state index is -1.20. The highest BCUT2D eigenvalue weighted by Crippen LogP contribution is 2.26. The molecule has 1 aliphatic heterocycles. The Morgan fingerprint density at radius 2 is 1.82 bits per heavy atom. The van der Waals surface area contributed by atoms with Gasteiger partial charge >= 0.3 is 0 Å². The maximum absolute atomic E-state index is 14.1. The van der Waals surface area contributed by atoms with Crippen LogP contribution in [-0.2, 0) is 13.2 Å². The van der Waals surface area contributed by atoms with Crippen LogP contribution in [0, 0.1) is 17.5 Å². The first-order valence-electron chi connectivity index (χ1n) is 12.5. The second kappa shape index (κ2) is 12.3. The largest absolute Gasteiger partial charge is 0.483 e. The predicted molar refractivity (Wildman–Crippen MR) is 141 cm³/mol. The van der Waals surface area contributed by atoms with Crippen molar-refractivity contribution in [3.63, 3.8) is 0 Å². The first-order valence-corrected chi connectivity index (χ1v) is 12.5.